The Kier molecular flexibility index (Phi) is 29.0. The highest BCUT2D eigenvalue weighted by atomic mass is 79.9. The van der Waals surface area contributed by atoms with Crippen molar-refractivity contribution in [2.45, 2.75) is 249 Å². The van der Waals surface area contributed by atoms with Crippen molar-refractivity contribution in [3.8, 4) is 68.3 Å². The van der Waals surface area contributed by atoms with Crippen LogP contribution in [0.2, 0.25) is 0 Å². The number of nitrogens with one attached hydrogen (secondary N) is 2. The van der Waals surface area contributed by atoms with Gasteiger partial charge in [-0.05, 0) is 262 Å². The molecule has 21 rings (SSSR count). The van der Waals surface area contributed by atoms with Crippen LogP contribution in [0.4, 0.5) is 49.8 Å². The van der Waals surface area contributed by atoms with E-state index in [1.54, 1.807) is 72.8 Å². The smallest absolute Gasteiger partial charge is 0.489 e. The number of halogens is 10. The van der Waals surface area contributed by atoms with Crippen molar-refractivity contribution in [3.05, 3.63) is 164 Å². The molecule has 6 bridgehead atoms. The summed E-state index contributed by atoms with van der Waals surface area (Å²) in [5.41, 5.74) is 13.4. The topological polar surface area (TPSA) is 329 Å². The number of carbonyl (C=O) groups is 3. The lowest BCUT2D eigenvalue weighted by atomic mass is 9.93. The number of hydrogen-bond donors (Lipinski definition) is 3. The number of fused-ring (bicyclic) bond motifs is 9. The highest BCUT2D eigenvalue weighted by Gasteiger charge is 2.51. The summed E-state index contributed by atoms with van der Waals surface area (Å²) < 4.78 is 202. The maximum absolute atomic E-state index is 13.1. The summed E-state index contributed by atoms with van der Waals surface area (Å²) in [6.07, 6.45) is -0.0934. The van der Waals surface area contributed by atoms with Crippen LogP contribution in [0.3, 0.4) is 0 Å². The third-order valence-corrected chi connectivity index (χ3v) is 29.8. The van der Waals surface area contributed by atoms with Gasteiger partial charge in [0, 0.05) is 69.3 Å². The average molecular weight is 2050 g/mol. The Balaban J connectivity index is 0.000000129. The molecule has 0 radical (unpaired) electrons. The molecule has 0 amide bonds. The van der Waals surface area contributed by atoms with Crippen LogP contribution in [0.15, 0.2) is 127 Å². The van der Waals surface area contributed by atoms with Gasteiger partial charge in [0.1, 0.15) is 85.4 Å². The predicted molar refractivity (Wildman–Crippen MR) is 501 cm³/mol. The summed E-state index contributed by atoms with van der Waals surface area (Å²) in [4.78, 5) is 50.1. The number of methoxy groups -OCH3 is 3. The zero-order valence-electron chi connectivity index (χ0n) is 77.1. The third-order valence-electron chi connectivity index (χ3n) is 26.5. The van der Waals surface area contributed by atoms with Crippen LogP contribution >= 0.6 is 49.9 Å². The van der Waals surface area contributed by atoms with Crippen LogP contribution < -0.4 is 44.8 Å². The van der Waals surface area contributed by atoms with Crippen LogP contribution in [0.5, 0.6) is 34.5 Å². The van der Waals surface area contributed by atoms with Gasteiger partial charge in [0.25, 0.3) is 0 Å². The molecule has 9 aliphatic rings. The van der Waals surface area contributed by atoms with Crippen LogP contribution in [-0.2, 0) is 48.2 Å². The summed E-state index contributed by atoms with van der Waals surface area (Å²) in [5.74, 6) is 4.68. The zero-order chi connectivity index (χ0) is 97.8. The SMILES string of the molecule is COC(=O)c1cc(OC(C)C)c2nc(Br)sc2c1.COC(=O)c1cc(OC(C)C)c2nc(N[C@@H]3C[C@@H]4C[C@H]3C[C@@H]4OCc3c(-c4ccccc4OC(F)(F)F)noc3C3CC3)sc2c1.COC(=O)c1cc(OC(C)C)c2nc(N[C@H]3C[C@@H]4C[C@H]3C[C@@H]4OCc3c(-c4ccccc4OC(F)(F)F)noc3C3CC3)sc2c1.NC1C[C@@H]2C[C@H]1C[C@@H]2OCc1c(-c2ccccc2OC(F)(F)F)noc1C1CC1. The largest absolute Gasteiger partial charge is 0.573 e. The number of nitrogens with zero attached hydrogens (tertiary/aromatic N) is 6. The second kappa shape index (κ2) is 41.0. The van der Waals surface area contributed by atoms with E-state index >= 15 is 0 Å². The maximum Gasteiger partial charge on any atom is 0.573 e. The molecule has 27 nitrogen and oxygen atoms in total. The number of aromatic nitrogens is 6. The fourth-order valence-corrected chi connectivity index (χ4v) is 23.5. The molecular formula is C99H103BrF9N9O18S3. The number of thiazole rings is 3. The van der Waals surface area contributed by atoms with Crippen LogP contribution in [0.25, 0.3) is 64.4 Å². The van der Waals surface area contributed by atoms with Crippen molar-refractivity contribution in [2.24, 2.45) is 41.2 Å². The van der Waals surface area contributed by atoms with Gasteiger partial charge in [-0.25, -0.2) is 29.3 Å². The molecular weight excluding hydrogens is 1950 g/mol. The fourth-order valence-electron chi connectivity index (χ4n) is 20.0. The normalized spacial score (nSPS) is 22.3. The van der Waals surface area contributed by atoms with E-state index in [1.165, 1.54) is 91.7 Å². The molecule has 12 aromatic rings. The molecule has 0 saturated heterocycles. The summed E-state index contributed by atoms with van der Waals surface area (Å²) in [7, 11) is 4.06. The minimum atomic E-state index is -4.83. The first-order chi connectivity index (χ1) is 66.5. The Morgan fingerprint density at radius 1 is 0.410 bits per heavy atom. The van der Waals surface area contributed by atoms with Gasteiger partial charge in [-0.15, -0.1) is 50.9 Å². The highest BCUT2D eigenvalue weighted by molar-refractivity contribution is 9.11. The number of alkyl halides is 9. The molecule has 6 aromatic heterocycles. The van der Waals surface area contributed by atoms with Crippen molar-refractivity contribution in [1.29, 1.82) is 0 Å². The summed E-state index contributed by atoms with van der Waals surface area (Å²) in [6, 6.07) is 29.0. The second-order valence-electron chi connectivity index (χ2n) is 37.4. The third kappa shape index (κ3) is 23.0. The predicted octanol–water partition coefficient (Wildman–Crippen LogP) is 24.6. The molecule has 0 spiro atoms. The summed E-state index contributed by atoms with van der Waals surface area (Å²) in [6.45, 7) is 12.2. The number of nitrogens with two attached hydrogens (primary N) is 1. The number of ether oxygens (including phenoxy) is 12. The average Bonchev–Trinajstić information content (AvgIpc) is 1.63. The van der Waals surface area contributed by atoms with Gasteiger partial charge in [-0.3, -0.25) is 0 Å². The quantitative estimate of drug-likeness (QED) is 0.0206. The van der Waals surface area contributed by atoms with Gasteiger partial charge < -0.3 is 86.8 Å². The first-order valence-corrected chi connectivity index (χ1v) is 49.6. The van der Waals surface area contributed by atoms with Gasteiger partial charge in [0.2, 0.25) is 0 Å². The van der Waals surface area contributed by atoms with Crippen LogP contribution in [0, 0.1) is 35.5 Å². The number of anilines is 2. The lowest BCUT2D eigenvalue weighted by molar-refractivity contribution is -0.275. The molecule has 9 saturated carbocycles. The molecule has 6 heterocycles. The lowest BCUT2D eigenvalue weighted by Crippen LogP contribution is -2.33. The van der Waals surface area contributed by atoms with Gasteiger partial charge in [0.05, 0.1) is 109 Å². The van der Waals surface area contributed by atoms with Gasteiger partial charge >= 0.3 is 37.0 Å². The van der Waals surface area contributed by atoms with Gasteiger partial charge in [0.15, 0.2) is 14.2 Å². The summed E-state index contributed by atoms with van der Waals surface area (Å²) in [5, 5.41) is 21.3. The monoisotopic (exact) mass is 2050 g/mol. The number of para-hydroxylation sites is 3. The van der Waals surface area contributed by atoms with Crippen molar-refractivity contribution < 1.29 is 124 Å². The van der Waals surface area contributed by atoms with E-state index < -0.39 is 31.0 Å². The minimum Gasteiger partial charge on any atom is -0.489 e. The molecule has 0 aliphatic heterocycles. The molecule has 139 heavy (non-hydrogen) atoms. The molecule has 1 unspecified atom stereocenters. The number of rotatable bonds is 31. The number of benzene rings is 6. The van der Waals surface area contributed by atoms with E-state index in [2.05, 4.69) is 61.2 Å². The van der Waals surface area contributed by atoms with Crippen molar-refractivity contribution in [3.63, 3.8) is 0 Å². The Bertz CT molecular complexity index is 6190. The van der Waals surface area contributed by atoms with Crippen LogP contribution in [0.1, 0.15) is 221 Å². The van der Waals surface area contributed by atoms with Crippen molar-refractivity contribution in [1.82, 2.24) is 30.4 Å². The Hall–Kier alpha value is -10.9. The second-order valence-corrected chi connectivity index (χ2v) is 41.8. The number of esters is 3. The Morgan fingerprint density at radius 3 is 1.01 bits per heavy atom. The van der Waals surface area contributed by atoms with E-state index in [0.29, 0.717) is 120 Å². The molecule has 4 N–H and O–H groups in total. The Morgan fingerprint density at radius 2 is 0.719 bits per heavy atom. The fraction of sp³-hybridized carbons (Fsp3) is 0.485. The van der Waals surface area contributed by atoms with E-state index in [0.717, 1.165) is 141 Å². The molecule has 12 atom stereocenters. The first kappa shape index (κ1) is 98.3. The maximum atomic E-state index is 13.1. The van der Waals surface area contributed by atoms with E-state index in [1.807, 2.05) is 41.5 Å². The molecule has 9 fully saturated rings. The number of hydrogen-bond acceptors (Lipinski definition) is 30. The molecule has 6 aromatic carbocycles. The number of carbonyl (C=O) groups excluding carboxylic acids is 3. The van der Waals surface area contributed by atoms with Gasteiger partial charge in [-0.1, -0.05) is 74.5 Å². The highest BCUT2D eigenvalue weighted by Crippen LogP contribution is 2.55. The van der Waals surface area contributed by atoms with Crippen LogP contribution in [-0.4, -0.2) is 143 Å². The van der Waals surface area contributed by atoms with E-state index in [9.17, 15) is 53.9 Å². The molecule has 40 heteroatoms. The van der Waals surface area contributed by atoms with Crippen molar-refractivity contribution >= 4 is 109 Å². The molecule has 9 aliphatic carbocycles. The van der Waals surface area contributed by atoms with E-state index in [4.69, 9.17) is 71.9 Å². The van der Waals surface area contributed by atoms with Crippen molar-refractivity contribution in [2.75, 3.05) is 32.0 Å². The minimum absolute atomic E-state index is 0.0153. The zero-order valence-corrected chi connectivity index (χ0v) is 81.2. The van der Waals surface area contributed by atoms with E-state index in [-0.39, 0.29) is 132 Å². The lowest BCUT2D eigenvalue weighted by Gasteiger charge is -2.28. The Labute approximate surface area is 813 Å². The first-order valence-electron chi connectivity index (χ1n) is 46.4. The standard InChI is InChI=1S/2C33H34F3N3O6S.C21H23F3N2O3.C12H12BrNO3S/c2*1-16(2)43-26-13-20(31(40)41-3)14-27-29(26)38-32(46-27)37-23-11-19-10-18(23)12-25(19)42-15-22-28(39-45-30(22)17-8-9-17)21-6-4-5-7-24(21)44-33(34,35)36;22-21(23,24)28-17-4-2-1-3-14(17)19-15(20(29-26-19)11-5-6-11)10-27-18-9-12-7-13(18)8-16(12)25;1-6(2)17-8-4-7(11(15)16-3)5-9-10(8)14-12(13)18-9/h2*4-7,13-14,16-19,23,25H,8-12,15H2,1-3H3,(H,37,38);1-4,11-13,16,18H,5-10,25H2;4-6H,1-3H3/t18-,19-,23+,25-;18-,19-,23-,25-;12-,13-,16?,18-;/m000./s1. The molecule has 740 valence electrons. The van der Waals surface area contributed by atoms with Gasteiger partial charge in [-0.2, -0.15) is 0 Å². The summed E-state index contributed by atoms with van der Waals surface area (Å²) >= 11 is 7.75.